The van der Waals surface area contributed by atoms with Crippen molar-refractivity contribution in [3.63, 3.8) is 0 Å². The zero-order valence-corrected chi connectivity index (χ0v) is 10.4. The number of rotatable bonds is 6. The molecule has 0 aliphatic carbocycles. The average Bonchev–Trinajstić information content (AvgIpc) is 2.25. The lowest BCUT2D eigenvalue weighted by molar-refractivity contribution is 0.414. The molecule has 2 N–H and O–H groups in total. The molecule has 16 heavy (non-hydrogen) atoms. The van der Waals surface area contributed by atoms with Crippen molar-refractivity contribution in [1.82, 2.24) is 9.97 Å². The van der Waals surface area contributed by atoms with Gasteiger partial charge in [-0.3, -0.25) is 0 Å². The van der Waals surface area contributed by atoms with E-state index in [1.807, 2.05) is 0 Å². The molecular weight excluding hydrogens is 204 g/mol. The van der Waals surface area contributed by atoms with E-state index in [4.69, 9.17) is 4.74 Å². The number of ether oxygens (including phenoxy) is 1. The highest BCUT2D eigenvalue weighted by atomic mass is 16.5. The molecule has 1 rings (SSSR count). The predicted molar refractivity (Wildman–Crippen MR) is 66.1 cm³/mol. The third kappa shape index (κ3) is 3.25. The molecule has 0 spiro atoms. The van der Waals surface area contributed by atoms with E-state index in [-0.39, 0.29) is 0 Å². The normalized spacial score (nSPS) is 10.3. The summed E-state index contributed by atoms with van der Waals surface area (Å²) in [5.74, 6) is 2.14. The molecule has 0 saturated heterocycles. The van der Waals surface area contributed by atoms with Gasteiger partial charge >= 0.3 is 0 Å². The highest BCUT2D eigenvalue weighted by molar-refractivity contribution is 5.63. The van der Waals surface area contributed by atoms with Gasteiger partial charge in [-0.05, 0) is 20.3 Å². The van der Waals surface area contributed by atoms with Gasteiger partial charge in [-0.25, -0.2) is 9.97 Å². The Bertz CT molecular complexity index is 328. The molecule has 0 amide bonds. The molecular formula is C11H20N4O. The number of nitrogens with one attached hydrogen (secondary N) is 2. The number of methoxy groups -OCH3 is 1. The van der Waals surface area contributed by atoms with Gasteiger partial charge in [0, 0.05) is 12.6 Å². The maximum Gasteiger partial charge on any atom is 0.204 e. The summed E-state index contributed by atoms with van der Waals surface area (Å²) in [6.45, 7) is 7.09. The quantitative estimate of drug-likeness (QED) is 0.775. The Labute approximate surface area is 96.6 Å². The molecule has 5 nitrogen and oxygen atoms in total. The van der Waals surface area contributed by atoms with Gasteiger partial charge in [-0.15, -0.1) is 0 Å². The van der Waals surface area contributed by atoms with Crippen LogP contribution in [0.1, 0.15) is 27.2 Å². The van der Waals surface area contributed by atoms with E-state index in [9.17, 15) is 0 Å². The molecule has 0 bridgehead atoms. The zero-order valence-electron chi connectivity index (χ0n) is 10.4. The Morgan fingerprint density at radius 2 is 2.00 bits per heavy atom. The third-order valence-corrected chi connectivity index (χ3v) is 1.98. The molecule has 0 radical (unpaired) electrons. The van der Waals surface area contributed by atoms with Crippen LogP contribution in [0.2, 0.25) is 0 Å². The molecule has 1 aromatic rings. The van der Waals surface area contributed by atoms with Gasteiger partial charge in [0.05, 0.1) is 7.11 Å². The van der Waals surface area contributed by atoms with E-state index in [1.54, 1.807) is 7.11 Å². The summed E-state index contributed by atoms with van der Waals surface area (Å²) in [7, 11) is 1.63. The van der Waals surface area contributed by atoms with Crippen LogP contribution in [0.25, 0.3) is 0 Å². The highest BCUT2D eigenvalue weighted by Gasteiger charge is 2.11. The van der Waals surface area contributed by atoms with Crippen molar-refractivity contribution >= 4 is 11.6 Å². The van der Waals surface area contributed by atoms with Crippen LogP contribution in [0, 0.1) is 0 Å². The van der Waals surface area contributed by atoms with Gasteiger partial charge in [0.2, 0.25) is 5.75 Å². The first-order valence-corrected chi connectivity index (χ1v) is 5.58. The van der Waals surface area contributed by atoms with Gasteiger partial charge in [0.25, 0.3) is 0 Å². The van der Waals surface area contributed by atoms with E-state index in [1.165, 1.54) is 6.33 Å². The van der Waals surface area contributed by atoms with Crippen molar-refractivity contribution in [3.8, 4) is 5.75 Å². The van der Waals surface area contributed by atoms with Crippen molar-refractivity contribution in [1.29, 1.82) is 0 Å². The van der Waals surface area contributed by atoms with Crippen LogP contribution < -0.4 is 15.4 Å². The second-order valence-corrected chi connectivity index (χ2v) is 3.83. The number of aromatic nitrogens is 2. The Morgan fingerprint density at radius 1 is 1.31 bits per heavy atom. The van der Waals surface area contributed by atoms with Crippen molar-refractivity contribution in [2.24, 2.45) is 0 Å². The summed E-state index contributed by atoms with van der Waals surface area (Å²) in [6, 6.07) is 0.308. The summed E-state index contributed by atoms with van der Waals surface area (Å²) in [5.41, 5.74) is 0. The topological polar surface area (TPSA) is 59.1 Å². The van der Waals surface area contributed by atoms with Gasteiger partial charge in [-0.1, -0.05) is 6.92 Å². The highest BCUT2D eigenvalue weighted by Crippen LogP contribution is 2.29. The maximum absolute atomic E-state index is 5.32. The zero-order chi connectivity index (χ0) is 12.0. The molecule has 0 aliphatic heterocycles. The Kier molecular flexibility index (Phi) is 4.82. The molecule has 90 valence electrons. The lowest BCUT2D eigenvalue weighted by Gasteiger charge is -2.15. The summed E-state index contributed by atoms with van der Waals surface area (Å²) in [4.78, 5) is 8.34. The van der Waals surface area contributed by atoms with E-state index in [0.29, 0.717) is 11.8 Å². The number of hydrogen-bond acceptors (Lipinski definition) is 5. The van der Waals surface area contributed by atoms with Crippen molar-refractivity contribution < 1.29 is 4.74 Å². The minimum absolute atomic E-state index is 0.308. The molecule has 1 heterocycles. The molecule has 1 aromatic heterocycles. The number of anilines is 2. The van der Waals surface area contributed by atoms with Gasteiger partial charge in [0.15, 0.2) is 11.6 Å². The Hall–Kier alpha value is -1.52. The minimum Gasteiger partial charge on any atom is -0.490 e. The van der Waals surface area contributed by atoms with Crippen molar-refractivity contribution in [2.45, 2.75) is 33.2 Å². The standard InChI is InChI=1S/C11H20N4O/c1-5-6-12-10-9(16-4)11(14-7-13-10)15-8(2)3/h7-8H,5-6H2,1-4H3,(H2,12,13,14,15). The molecule has 0 aliphatic rings. The summed E-state index contributed by atoms with van der Waals surface area (Å²) >= 11 is 0. The molecule has 0 fully saturated rings. The second-order valence-electron chi connectivity index (χ2n) is 3.83. The Morgan fingerprint density at radius 3 is 2.56 bits per heavy atom. The van der Waals surface area contributed by atoms with Gasteiger partial charge < -0.3 is 15.4 Å². The van der Waals surface area contributed by atoms with Crippen LogP contribution in [-0.2, 0) is 0 Å². The first kappa shape index (κ1) is 12.5. The van der Waals surface area contributed by atoms with E-state index >= 15 is 0 Å². The number of nitrogens with zero attached hydrogens (tertiary/aromatic N) is 2. The summed E-state index contributed by atoms with van der Waals surface area (Å²) < 4.78 is 5.32. The molecule has 0 saturated carbocycles. The lowest BCUT2D eigenvalue weighted by Crippen LogP contribution is -2.14. The van der Waals surface area contributed by atoms with E-state index in [2.05, 4.69) is 41.4 Å². The number of hydrogen-bond donors (Lipinski definition) is 2. The van der Waals surface area contributed by atoms with Crippen LogP contribution >= 0.6 is 0 Å². The Balaban J connectivity index is 2.91. The summed E-state index contributed by atoms with van der Waals surface area (Å²) in [5, 5.41) is 6.44. The fraction of sp³-hybridized carbons (Fsp3) is 0.636. The fourth-order valence-corrected chi connectivity index (χ4v) is 1.31. The third-order valence-electron chi connectivity index (χ3n) is 1.98. The lowest BCUT2D eigenvalue weighted by atomic mass is 10.3. The van der Waals surface area contributed by atoms with Crippen molar-refractivity contribution in [3.05, 3.63) is 6.33 Å². The monoisotopic (exact) mass is 224 g/mol. The first-order chi connectivity index (χ1) is 7.69. The SMILES string of the molecule is CCCNc1ncnc(NC(C)C)c1OC. The van der Waals surface area contributed by atoms with E-state index in [0.717, 1.165) is 24.6 Å². The smallest absolute Gasteiger partial charge is 0.204 e. The predicted octanol–water partition coefficient (Wildman–Crippen LogP) is 2.13. The van der Waals surface area contributed by atoms with Crippen LogP contribution in [0.4, 0.5) is 11.6 Å². The molecule has 5 heteroatoms. The van der Waals surface area contributed by atoms with Crippen molar-refractivity contribution in [2.75, 3.05) is 24.3 Å². The average molecular weight is 224 g/mol. The summed E-state index contributed by atoms with van der Waals surface area (Å²) in [6.07, 6.45) is 2.57. The van der Waals surface area contributed by atoms with Crippen LogP contribution in [0.5, 0.6) is 5.75 Å². The molecule has 0 atom stereocenters. The van der Waals surface area contributed by atoms with E-state index < -0.39 is 0 Å². The molecule has 0 aromatic carbocycles. The first-order valence-electron chi connectivity index (χ1n) is 5.58. The van der Waals surface area contributed by atoms with Crippen LogP contribution in [-0.4, -0.2) is 29.7 Å². The molecule has 0 unspecified atom stereocenters. The second kappa shape index (κ2) is 6.15. The largest absolute Gasteiger partial charge is 0.490 e. The van der Waals surface area contributed by atoms with Gasteiger partial charge in [-0.2, -0.15) is 0 Å². The fourth-order valence-electron chi connectivity index (χ4n) is 1.31. The van der Waals surface area contributed by atoms with Crippen LogP contribution in [0.15, 0.2) is 6.33 Å². The minimum atomic E-state index is 0.308. The van der Waals surface area contributed by atoms with Gasteiger partial charge in [0.1, 0.15) is 6.33 Å². The van der Waals surface area contributed by atoms with Crippen LogP contribution in [0.3, 0.4) is 0 Å². The maximum atomic E-state index is 5.32.